The Balaban J connectivity index is 1.41. The molecule has 2 aromatic carbocycles. The Morgan fingerprint density at radius 3 is 2.43 bits per heavy atom. The second-order valence-corrected chi connectivity index (χ2v) is 8.43. The van der Waals surface area contributed by atoms with Crippen LogP contribution in [-0.2, 0) is 10.5 Å². The summed E-state index contributed by atoms with van der Waals surface area (Å²) in [5.74, 6) is 1.82. The first kappa shape index (κ1) is 20.5. The Hall–Kier alpha value is -2.27. The van der Waals surface area contributed by atoms with Crippen LogP contribution in [-0.4, -0.2) is 23.6 Å². The van der Waals surface area contributed by atoms with Crippen molar-refractivity contribution in [3.05, 3.63) is 65.7 Å². The smallest absolute Gasteiger partial charge is 0.255 e. The SMILES string of the molecule is C[C@H]1CCCC[C@H]1NC(=O)CSCc1ccc(C(=O)Nc2ccccc2)cc1. The maximum Gasteiger partial charge on any atom is 0.255 e. The molecule has 5 heteroatoms. The summed E-state index contributed by atoms with van der Waals surface area (Å²) in [5, 5.41) is 6.07. The number of nitrogens with one attached hydrogen (secondary N) is 2. The van der Waals surface area contributed by atoms with E-state index in [4.69, 9.17) is 0 Å². The van der Waals surface area contributed by atoms with Crippen LogP contribution < -0.4 is 10.6 Å². The van der Waals surface area contributed by atoms with Crippen LogP contribution in [0, 0.1) is 5.92 Å². The number of hydrogen-bond donors (Lipinski definition) is 2. The largest absolute Gasteiger partial charge is 0.352 e. The molecule has 0 unspecified atom stereocenters. The van der Waals surface area contributed by atoms with Crippen molar-refractivity contribution in [2.45, 2.75) is 44.4 Å². The summed E-state index contributed by atoms with van der Waals surface area (Å²) >= 11 is 1.61. The van der Waals surface area contributed by atoms with Crippen molar-refractivity contribution >= 4 is 29.3 Å². The standard InChI is InChI=1S/C23H28N2O2S/c1-17-7-5-6-10-21(17)25-22(26)16-28-15-18-11-13-19(14-12-18)23(27)24-20-8-3-2-4-9-20/h2-4,8-9,11-14,17,21H,5-7,10,15-16H2,1H3,(H,24,27)(H,25,26)/t17-,21+/m0/s1. The zero-order chi connectivity index (χ0) is 19.8. The number of anilines is 1. The van der Waals surface area contributed by atoms with Gasteiger partial charge in [-0.2, -0.15) is 0 Å². The molecule has 148 valence electrons. The summed E-state index contributed by atoms with van der Waals surface area (Å²) in [4.78, 5) is 24.5. The molecule has 2 amide bonds. The van der Waals surface area contributed by atoms with Crippen molar-refractivity contribution in [2.24, 2.45) is 5.92 Å². The number of hydrogen-bond acceptors (Lipinski definition) is 3. The Morgan fingerprint density at radius 2 is 1.71 bits per heavy atom. The van der Waals surface area contributed by atoms with E-state index < -0.39 is 0 Å². The van der Waals surface area contributed by atoms with E-state index in [1.54, 1.807) is 11.8 Å². The van der Waals surface area contributed by atoms with Crippen LogP contribution in [0.15, 0.2) is 54.6 Å². The van der Waals surface area contributed by atoms with Gasteiger partial charge in [0.15, 0.2) is 0 Å². The monoisotopic (exact) mass is 396 g/mol. The minimum atomic E-state index is -0.119. The van der Waals surface area contributed by atoms with Crippen molar-refractivity contribution in [3.8, 4) is 0 Å². The Bertz CT molecular complexity index is 777. The summed E-state index contributed by atoms with van der Waals surface area (Å²) < 4.78 is 0. The molecule has 0 saturated heterocycles. The van der Waals surface area contributed by atoms with Crippen LogP contribution in [0.5, 0.6) is 0 Å². The van der Waals surface area contributed by atoms with E-state index in [0.717, 1.165) is 23.4 Å². The first-order valence-corrected chi connectivity index (χ1v) is 11.1. The molecular weight excluding hydrogens is 368 g/mol. The van der Waals surface area contributed by atoms with Crippen molar-refractivity contribution in [3.63, 3.8) is 0 Å². The van der Waals surface area contributed by atoms with E-state index in [-0.39, 0.29) is 11.8 Å². The third kappa shape index (κ3) is 6.13. The Labute approximate surface area is 171 Å². The summed E-state index contributed by atoms with van der Waals surface area (Å²) in [6.07, 6.45) is 4.81. The maximum atomic E-state index is 12.3. The fraction of sp³-hybridized carbons (Fsp3) is 0.391. The normalized spacial score (nSPS) is 19.0. The highest BCUT2D eigenvalue weighted by molar-refractivity contribution is 7.99. The molecule has 2 aromatic rings. The zero-order valence-electron chi connectivity index (χ0n) is 16.3. The van der Waals surface area contributed by atoms with Gasteiger partial charge in [-0.3, -0.25) is 9.59 Å². The van der Waals surface area contributed by atoms with Crippen molar-refractivity contribution in [1.82, 2.24) is 5.32 Å². The molecule has 28 heavy (non-hydrogen) atoms. The molecule has 0 heterocycles. The summed E-state index contributed by atoms with van der Waals surface area (Å²) in [5.41, 5.74) is 2.52. The third-order valence-corrected chi connectivity index (χ3v) is 6.21. The molecule has 0 radical (unpaired) electrons. The molecule has 0 aliphatic heterocycles. The molecule has 1 aliphatic carbocycles. The van der Waals surface area contributed by atoms with Crippen LogP contribution in [0.3, 0.4) is 0 Å². The average molecular weight is 397 g/mol. The van der Waals surface area contributed by atoms with E-state index in [0.29, 0.717) is 23.3 Å². The highest BCUT2D eigenvalue weighted by atomic mass is 32.2. The van der Waals surface area contributed by atoms with Gasteiger partial charge in [0.2, 0.25) is 5.91 Å². The van der Waals surface area contributed by atoms with Gasteiger partial charge in [-0.25, -0.2) is 0 Å². The lowest BCUT2D eigenvalue weighted by Crippen LogP contribution is -2.41. The predicted molar refractivity (Wildman–Crippen MR) is 117 cm³/mol. The van der Waals surface area contributed by atoms with Crippen LogP contribution in [0.4, 0.5) is 5.69 Å². The van der Waals surface area contributed by atoms with Gasteiger partial charge < -0.3 is 10.6 Å². The van der Waals surface area contributed by atoms with E-state index in [1.165, 1.54) is 19.3 Å². The fourth-order valence-corrected chi connectivity index (χ4v) is 4.32. The highest BCUT2D eigenvalue weighted by Gasteiger charge is 2.22. The lowest BCUT2D eigenvalue weighted by molar-refractivity contribution is -0.119. The molecule has 1 aliphatic rings. The zero-order valence-corrected chi connectivity index (χ0v) is 17.1. The molecule has 4 nitrogen and oxygen atoms in total. The van der Waals surface area contributed by atoms with Crippen molar-refractivity contribution in [2.75, 3.05) is 11.1 Å². The topological polar surface area (TPSA) is 58.2 Å². The fourth-order valence-electron chi connectivity index (χ4n) is 3.52. The molecule has 0 aromatic heterocycles. The first-order chi connectivity index (χ1) is 13.6. The van der Waals surface area contributed by atoms with E-state index in [2.05, 4.69) is 17.6 Å². The molecule has 2 N–H and O–H groups in total. The number of amides is 2. The summed E-state index contributed by atoms with van der Waals surface area (Å²) in [7, 11) is 0. The number of para-hydroxylation sites is 1. The lowest BCUT2D eigenvalue weighted by Gasteiger charge is -2.29. The van der Waals surface area contributed by atoms with E-state index in [9.17, 15) is 9.59 Å². The quantitative estimate of drug-likeness (QED) is 0.702. The van der Waals surface area contributed by atoms with Gasteiger partial charge >= 0.3 is 0 Å². The van der Waals surface area contributed by atoms with Gasteiger partial charge in [0.25, 0.3) is 5.91 Å². The van der Waals surface area contributed by atoms with E-state index in [1.807, 2.05) is 54.6 Å². The number of carbonyl (C=O) groups is 2. The number of benzene rings is 2. The Morgan fingerprint density at radius 1 is 1.00 bits per heavy atom. The first-order valence-electron chi connectivity index (χ1n) is 9.94. The van der Waals surface area contributed by atoms with Gasteiger partial charge in [-0.1, -0.05) is 50.1 Å². The molecule has 2 atom stereocenters. The summed E-state index contributed by atoms with van der Waals surface area (Å²) in [6.45, 7) is 2.23. The van der Waals surface area contributed by atoms with Gasteiger partial charge in [-0.15, -0.1) is 11.8 Å². The molecule has 1 saturated carbocycles. The number of thioether (sulfide) groups is 1. The number of carbonyl (C=O) groups excluding carboxylic acids is 2. The minimum Gasteiger partial charge on any atom is -0.352 e. The molecule has 1 fully saturated rings. The molecule has 0 spiro atoms. The maximum absolute atomic E-state index is 12.3. The minimum absolute atomic E-state index is 0.119. The predicted octanol–water partition coefficient (Wildman–Crippen LogP) is 4.87. The highest BCUT2D eigenvalue weighted by Crippen LogP contribution is 2.24. The molecular formula is C23H28N2O2S. The van der Waals surface area contributed by atoms with Crippen LogP contribution >= 0.6 is 11.8 Å². The van der Waals surface area contributed by atoms with Gasteiger partial charge in [0, 0.05) is 23.0 Å². The van der Waals surface area contributed by atoms with Crippen molar-refractivity contribution < 1.29 is 9.59 Å². The molecule has 3 rings (SSSR count). The van der Waals surface area contributed by atoms with Gasteiger partial charge in [0.05, 0.1) is 5.75 Å². The van der Waals surface area contributed by atoms with Gasteiger partial charge in [-0.05, 0) is 48.6 Å². The lowest BCUT2D eigenvalue weighted by atomic mass is 9.86. The number of rotatable bonds is 7. The van der Waals surface area contributed by atoms with Crippen LogP contribution in [0.2, 0.25) is 0 Å². The third-order valence-electron chi connectivity index (χ3n) is 5.21. The van der Waals surface area contributed by atoms with Crippen LogP contribution in [0.1, 0.15) is 48.5 Å². The second kappa shape index (κ2) is 10.3. The van der Waals surface area contributed by atoms with Gasteiger partial charge in [0.1, 0.15) is 0 Å². The van der Waals surface area contributed by atoms with Crippen molar-refractivity contribution in [1.29, 1.82) is 0 Å². The average Bonchev–Trinajstić information content (AvgIpc) is 2.71. The van der Waals surface area contributed by atoms with Crippen LogP contribution in [0.25, 0.3) is 0 Å². The van der Waals surface area contributed by atoms with E-state index >= 15 is 0 Å². The second-order valence-electron chi connectivity index (χ2n) is 7.45. The Kier molecular flexibility index (Phi) is 7.54. The molecule has 0 bridgehead atoms. The summed E-state index contributed by atoms with van der Waals surface area (Å²) in [6, 6.07) is 17.3.